The Labute approximate surface area is 158 Å². The van der Waals surface area contributed by atoms with E-state index < -0.39 is 0 Å². The summed E-state index contributed by atoms with van der Waals surface area (Å²) in [6.45, 7) is 3.47. The molecule has 1 heterocycles. The quantitative estimate of drug-likeness (QED) is 0.823. The minimum absolute atomic E-state index is 0.0105. The maximum atomic E-state index is 12.3. The van der Waals surface area contributed by atoms with Crippen molar-refractivity contribution in [3.8, 4) is 6.07 Å². The van der Waals surface area contributed by atoms with Gasteiger partial charge in [0.25, 0.3) is 0 Å². The summed E-state index contributed by atoms with van der Waals surface area (Å²) in [6, 6.07) is 22.3. The lowest BCUT2D eigenvalue weighted by Gasteiger charge is -2.29. The topological polar surface area (TPSA) is 52.9 Å². The number of carbonyl (C=O) groups is 1. The molecule has 0 spiro atoms. The van der Waals surface area contributed by atoms with E-state index in [4.69, 9.17) is 0 Å². The summed E-state index contributed by atoms with van der Waals surface area (Å²) in [5.41, 5.74) is 4.25. The maximum Gasteiger partial charge on any atom is 0.158 e. The Hall–Kier alpha value is -2.77. The van der Waals surface area contributed by atoms with Gasteiger partial charge < -0.3 is 5.32 Å². The fourth-order valence-electron chi connectivity index (χ4n) is 3.20. The first-order valence-electron chi connectivity index (χ1n) is 8.46. The molecular weight excluding hydrogens is 340 g/mol. The molecule has 1 N–H and O–H groups in total. The van der Waals surface area contributed by atoms with Crippen LogP contribution in [0.4, 0.5) is 0 Å². The minimum atomic E-state index is -0.321. The van der Waals surface area contributed by atoms with Crippen LogP contribution in [0, 0.1) is 11.3 Å². The Bertz CT molecular complexity index is 908. The van der Waals surface area contributed by atoms with Gasteiger partial charge in [-0.15, -0.1) is 11.8 Å². The van der Waals surface area contributed by atoms with Crippen molar-refractivity contribution in [1.82, 2.24) is 5.32 Å². The van der Waals surface area contributed by atoms with Crippen LogP contribution in [0.3, 0.4) is 0 Å². The number of Topliss-reactive ketones (excluding diaryl/α,β-unsaturated/α-hetero) is 1. The first-order chi connectivity index (χ1) is 12.6. The van der Waals surface area contributed by atoms with E-state index in [1.807, 2.05) is 55.5 Å². The molecule has 0 saturated heterocycles. The fourth-order valence-corrected chi connectivity index (χ4v) is 4.25. The summed E-state index contributed by atoms with van der Waals surface area (Å²) in [7, 11) is 0. The predicted molar refractivity (Wildman–Crippen MR) is 106 cm³/mol. The number of hydrogen-bond acceptors (Lipinski definition) is 4. The van der Waals surface area contributed by atoms with E-state index in [0.29, 0.717) is 11.1 Å². The summed E-state index contributed by atoms with van der Waals surface area (Å²) >= 11 is 1.60. The van der Waals surface area contributed by atoms with Crippen molar-refractivity contribution >= 4 is 17.5 Å². The lowest BCUT2D eigenvalue weighted by molar-refractivity contribution is -0.113. The Morgan fingerprint density at radius 2 is 1.73 bits per heavy atom. The number of nitriles is 1. The molecular formula is C22H20N2OS. The van der Waals surface area contributed by atoms with E-state index in [1.165, 1.54) is 5.56 Å². The number of nitrogens with one attached hydrogen (secondary N) is 1. The molecule has 4 heteroatoms. The van der Waals surface area contributed by atoms with Gasteiger partial charge in [0, 0.05) is 17.0 Å². The highest BCUT2D eigenvalue weighted by Crippen LogP contribution is 2.41. The van der Waals surface area contributed by atoms with Crippen LogP contribution in [0.15, 0.2) is 82.5 Å². The average molecular weight is 360 g/mol. The van der Waals surface area contributed by atoms with Crippen LogP contribution in [0.25, 0.3) is 0 Å². The summed E-state index contributed by atoms with van der Waals surface area (Å²) < 4.78 is 0. The second-order valence-electron chi connectivity index (χ2n) is 6.19. The van der Waals surface area contributed by atoms with E-state index in [-0.39, 0.29) is 11.7 Å². The molecule has 0 amide bonds. The Balaban J connectivity index is 2.00. The van der Waals surface area contributed by atoms with Gasteiger partial charge in [0.2, 0.25) is 0 Å². The van der Waals surface area contributed by atoms with Crippen molar-refractivity contribution in [2.24, 2.45) is 0 Å². The molecule has 2 aromatic carbocycles. The second kappa shape index (κ2) is 8.07. The van der Waals surface area contributed by atoms with Crippen LogP contribution in [-0.4, -0.2) is 5.78 Å². The molecule has 130 valence electrons. The zero-order valence-electron chi connectivity index (χ0n) is 14.8. The average Bonchev–Trinajstić information content (AvgIpc) is 2.67. The maximum absolute atomic E-state index is 12.3. The van der Waals surface area contributed by atoms with Gasteiger partial charge in [-0.1, -0.05) is 60.7 Å². The van der Waals surface area contributed by atoms with Gasteiger partial charge in [-0.25, -0.2) is 0 Å². The molecule has 1 atom stereocenters. The van der Waals surface area contributed by atoms with Gasteiger partial charge in [-0.05, 0) is 25.0 Å². The third kappa shape index (κ3) is 3.74. The van der Waals surface area contributed by atoms with E-state index in [1.54, 1.807) is 18.7 Å². The van der Waals surface area contributed by atoms with Gasteiger partial charge in [0.05, 0.1) is 22.6 Å². The Morgan fingerprint density at radius 1 is 1.12 bits per heavy atom. The molecule has 0 aromatic heterocycles. The second-order valence-corrected chi connectivity index (χ2v) is 7.18. The highest BCUT2D eigenvalue weighted by atomic mass is 32.2. The molecule has 0 fully saturated rings. The van der Waals surface area contributed by atoms with E-state index in [9.17, 15) is 10.1 Å². The molecule has 1 aliphatic rings. The van der Waals surface area contributed by atoms with Gasteiger partial charge >= 0.3 is 0 Å². The minimum Gasteiger partial charge on any atom is -0.353 e. The lowest BCUT2D eigenvalue weighted by atomic mass is 9.81. The van der Waals surface area contributed by atoms with Gasteiger partial charge in [0.1, 0.15) is 0 Å². The molecule has 1 aliphatic heterocycles. The van der Waals surface area contributed by atoms with Crippen molar-refractivity contribution < 1.29 is 4.79 Å². The number of allylic oxidation sites excluding steroid dienone is 3. The summed E-state index contributed by atoms with van der Waals surface area (Å²) in [5, 5.41) is 14.0. The highest BCUT2D eigenvalue weighted by Gasteiger charge is 2.32. The monoisotopic (exact) mass is 360 g/mol. The number of benzene rings is 2. The van der Waals surface area contributed by atoms with Crippen molar-refractivity contribution in [2.45, 2.75) is 25.5 Å². The van der Waals surface area contributed by atoms with Crippen molar-refractivity contribution in [3.63, 3.8) is 0 Å². The zero-order chi connectivity index (χ0) is 18.5. The molecule has 0 bridgehead atoms. The molecule has 0 radical (unpaired) electrons. The van der Waals surface area contributed by atoms with Crippen LogP contribution in [0.5, 0.6) is 0 Å². The van der Waals surface area contributed by atoms with Crippen molar-refractivity contribution in [2.75, 3.05) is 0 Å². The molecule has 0 aliphatic carbocycles. The largest absolute Gasteiger partial charge is 0.353 e. The smallest absolute Gasteiger partial charge is 0.158 e. The van der Waals surface area contributed by atoms with Gasteiger partial charge in [-0.3, -0.25) is 4.79 Å². The van der Waals surface area contributed by atoms with E-state index in [2.05, 4.69) is 23.5 Å². The number of nitrogens with zero attached hydrogens (tertiary/aromatic N) is 1. The molecule has 3 rings (SSSR count). The van der Waals surface area contributed by atoms with E-state index in [0.717, 1.165) is 22.0 Å². The van der Waals surface area contributed by atoms with Crippen LogP contribution < -0.4 is 5.32 Å². The zero-order valence-corrected chi connectivity index (χ0v) is 15.6. The predicted octanol–water partition coefficient (Wildman–Crippen LogP) is 4.90. The highest BCUT2D eigenvalue weighted by molar-refractivity contribution is 8.02. The molecule has 26 heavy (non-hydrogen) atoms. The SMILES string of the molecule is CC(=O)C1=C(C)NC(SCc2ccccc2)=C(C#N)[C@@H]1c1ccccc1. The fraction of sp³-hybridized carbons (Fsp3) is 0.182. The summed E-state index contributed by atoms with van der Waals surface area (Å²) in [6.07, 6.45) is 0. The first-order valence-corrected chi connectivity index (χ1v) is 9.45. The van der Waals surface area contributed by atoms with Crippen LogP contribution >= 0.6 is 11.8 Å². The number of thioether (sulfide) groups is 1. The molecule has 0 unspecified atom stereocenters. The molecule has 3 nitrogen and oxygen atoms in total. The van der Waals surface area contributed by atoms with Gasteiger partial charge in [0.15, 0.2) is 5.78 Å². The first kappa shape index (κ1) is 18.0. The summed E-state index contributed by atoms with van der Waals surface area (Å²) in [5.74, 6) is 0.431. The normalized spacial score (nSPS) is 16.9. The number of ketones is 1. The van der Waals surface area contributed by atoms with Crippen LogP contribution in [0.1, 0.15) is 30.9 Å². The molecule has 0 saturated carbocycles. The number of dihydropyridines is 1. The number of hydrogen-bond donors (Lipinski definition) is 1. The third-order valence-corrected chi connectivity index (χ3v) is 5.47. The van der Waals surface area contributed by atoms with E-state index >= 15 is 0 Å². The standard InChI is InChI=1S/C22H20N2OS/c1-15-20(16(2)25)21(18-11-7-4-8-12-18)19(13-23)22(24-15)26-14-17-9-5-3-6-10-17/h3-12,21,24H,14H2,1-2H3/t21-/m0/s1. The third-order valence-electron chi connectivity index (χ3n) is 4.39. The van der Waals surface area contributed by atoms with Crippen LogP contribution in [-0.2, 0) is 10.5 Å². The van der Waals surface area contributed by atoms with Crippen molar-refractivity contribution in [1.29, 1.82) is 5.26 Å². The lowest BCUT2D eigenvalue weighted by Crippen LogP contribution is -2.27. The molecule has 2 aromatic rings. The Morgan fingerprint density at radius 3 is 2.31 bits per heavy atom. The number of rotatable bonds is 5. The van der Waals surface area contributed by atoms with Crippen LogP contribution in [0.2, 0.25) is 0 Å². The summed E-state index contributed by atoms with van der Waals surface area (Å²) in [4.78, 5) is 12.3. The Kier molecular flexibility index (Phi) is 5.60. The number of carbonyl (C=O) groups excluding carboxylic acids is 1. The van der Waals surface area contributed by atoms with Gasteiger partial charge in [-0.2, -0.15) is 5.26 Å². The van der Waals surface area contributed by atoms with Crippen molar-refractivity contribution in [3.05, 3.63) is 93.7 Å².